The van der Waals surface area contributed by atoms with Crippen LogP contribution in [0.4, 0.5) is 10.5 Å². The summed E-state index contributed by atoms with van der Waals surface area (Å²) >= 11 is 0. The van der Waals surface area contributed by atoms with E-state index >= 15 is 0 Å². The summed E-state index contributed by atoms with van der Waals surface area (Å²) in [5, 5.41) is 2.83. The number of urea groups is 1. The average molecular weight is 386 g/mol. The minimum absolute atomic E-state index is 0.193. The van der Waals surface area contributed by atoms with Crippen molar-refractivity contribution >= 4 is 21.6 Å². The lowest BCUT2D eigenvalue weighted by atomic mass is 9.80. The van der Waals surface area contributed by atoms with E-state index in [0.717, 1.165) is 18.4 Å². The monoisotopic (exact) mass is 386 g/mol. The first-order chi connectivity index (χ1) is 12.9. The molecule has 7 nitrogen and oxygen atoms in total. The summed E-state index contributed by atoms with van der Waals surface area (Å²) in [7, 11) is -2.97. The SMILES string of the molecule is O=C(Nc1cnc(-c2ccccc2)nc1)N1CCC[C@@]2(CCS(=O)(=O)C2)C1. The summed E-state index contributed by atoms with van der Waals surface area (Å²) < 4.78 is 23.8. The molecular weight excluding hydrogens is 364 g/mol. The largest absolute Gasteiger partial charge is 0.324 e. The molecule has 1 aromatic heterocycles. The van der Waals surface area contributed by atoms with Gasteiger partial charge in [0.05, 0.1) is 29.6 Å². The second-order valence-electron chi connectivity index (χ2n) is 7.46. The smallest absolute Gasteiger partial charge is 0.321 e. The molecule has 1 atom stereocenters. The molecule has 142 valence electrons. The summed E-state index contributed by atoms with van der Waals surface area (Å²) in [4.78, 5) is 23.0. The van der Waals surface area contributed by atoms with Gasteiger partial charge in [0.1, 0.15) is 0 Å². The Kier molecular flexibility index (Phi) is 4.59. The molecule has 2 aliphatic rings. The van der Waals surface area contributed by atoms with Crippen molar-refractivity contribution in [2.24, 2.45) is 5.41 Å². The number of carbonyl (C=O) groups is 1. The van der Waals surface area contributed by atoms with Crippen LogP contribution in [0.25, 0.3) is 11.4 Å². The number of piperidine rings is 1. The molecule has 27 heavy (non-hydrogen) atoms. The molecule has 0 unspecified atom stereocenters. The van der Waals surface area contributed by atoms with E-state index in [4.69, 9.17) is 0 Å². The Bertz CT molecular complexity index is 931. The third kappa shape index (κ3) is 3.95. The number of anilines is 1. The molecular formula is C19H22N4O3S. The highest BCUT2D eigenvalue weighted by molar-refractivity contribution is 7.91. The fourth-order valence-corrected chi connectivity index (χ4v) is 6.22. The first-order valence-corrected chi connectivity index (χ1v) is 10.9. The maximum Gasteiger partial charge on any atom is 0.321 e. The quantitative estimate of drug-likeness (QED) is 0.856. The van der Waals surface area contributed by atoms with Gasteiger partial charge in [-0.2, -0.15) is 0 Å². The van der Waals surface area contributed by atoms with Crippen LogP contribution >= 0.6 is 0 Å². The zero-order valence-electron chi connectivity index (χ0n) is 15.0. The van der Waals surface area contributed by atoms with Crippen molar-refractivity contribution in [1.29, 1.82) is 0 Å². The van der Waals surface area contributed by atoms with Gasteiger partial charge in [-0.05, 0) is 19.3 Å². The summed E-state index contributed by atoms with van der Waals surface area (Å²) in [6.07, 6.45) is 5.52. The lowest BCUT2D eigenvalue weighted by Crippen LogP contribution is -2.48. The van der Waals surface area contributed by atoms with Crippen molar-refractivity contribution in [3.8, 4) is 11.4 Å². The molecule has 1 N–H and O–H groups in total. The Morgan fingerprint density at radius 2 is 1.85 bits per heavy atom. The highest BCUT2D eigenvalue weighted by Gasteiger charge is 2.45. The molecule has 0 bridgehead atoms. The van der Waals surface area contributed by atoms with Gasteiger partial charge in [0.15, 0.2) is 15.7 Å². The number of hydrogen-bond acceptors (Lipinski definition) is 5. The fraction of sp³-hybridized carbons (Fsp3) is 0.421. The van der Waals surface area contributed by atoms with E-state index in [1.165, 1.54) is 0 Å². The van der Waals surface area contributed by atoms with E-state index < -0.39 is 9.84 Å². The molecule has 2 amide bonds. The second-order valence-corrected chi connectivity index (χ2v) is 9.64. The highest BCUT2D eigenvalue weighted by Crippen LogP contribution is 2.40. The number of hydrogen-bond donors (Lipinski definition) is 1. The van der Waals surface area contributed by atoms with Crippen LogP contribution in [0, 0.1) is 5.41 Å². The maximum atomic E-state index is 12.6. The number of nitrogens with one attached hydrogen (secondary N) is 1. The summed E-state index contributed by atoms with van der Waals surface area (Å²) in [6.45, 7) is 1.12. The standard InChI is InChI=1S/C19H22N4O3S/c24-18(23-9-4-7-19(13-23)8-10-27(25,26)14-19)22-16-11-20-17(21-12-16)15-5-2-1-3-6-15/h1-3,5-6,11-12H,4,7-10,13-14H2,(H,22,24)/t19-/m1/s1. The third-order valence-corrected chi connectivity index (χ3v) is 7.23. The minimum atomic E-state index is -2.97. The van der Waals surface area contributed by atoms with E-state index in [-0.39, 0.29) is 23.0 Å². The number of benzene rings is 1. The Labute approximate surface area is 158 Å². The van der Waals surface area contributed by atoms with Crippen LogP contribution in [-0.2, 0) is 9.84 Å². The maximum absolute atomic E-state index is 12.6. The highest BCUT2D eigenvalue weighted by atomic mass is 32.2. The molecule has 0 aliphatic carbocycles. The summed E-state index contributed by atoms with van der Waals surface area (Å²) in [5.41, 5.74) is 1.16. The predicted octanol–water partition coefficient (Wildman–Crippen LogP) is 2.58. The van der Waals surface area contributed by atoms with Gasteiger partial charge in [-0.25, -0.2) is 23.2 Å². The van der Waals surface area contributed by atoms with E-state index in [2.05, 4.69) is 15.3 Å². The molecule has 2 aliphatic heterocycles. The van der Waals surface area contributed by atoms with Crippen molar-refractivity contribution in [2.75, 3.05) is 29.9 Å². The van der Waals surface area contributed by atoms with Crippen molar-refractivity contribution in [3.05, 3.63) is 42.7 Å². The van der Waals surface area contributed by atoms with Crippen LogP contribution in [0.2, 0.25) is 0 Å². The van der Waals surface area contributed by atoms with Crippen LogP contribution in [0.5, 0.6) is 0 Å². The molecule has 2 aromatic rings. The van der Waals surface area contributed by atoms with Crippen molar-refractivity contribution < 1.29 is 13.2 Å². The van der Waals surface area contributed by atoms with Gasteiger partial charge in [-0.1, -0.05) is 30.3 Å². The molecule has 3 heterocycles. The molecule has 4 rings (SSSR count). The molecule has 8 heteroatoms. The third-order valence-electron chi connectivity index (χ3n) is 5.35. The van der Waals surface area contributed by atoms with Crippen LogP contribution in [0.3, 0.4) is 0 Å². The first kappa shape index (κ1) is 17.9. The average Bonchev–Trinajstić information content (AvgIpc) is 2.97. The van der Waals surface area contributed by atoms with Crippen LogP contribution in [0.15, 0.2) is 42.7 Å². The first-order valence-electron chi connectivity index (χ1n) is 9.09. The van der Waals surface area contributed by atoms with Gasteiger partial charge in [-0.15, -0.1) is 0 Å². The number of sulfone groups is 1. The van der Waals surface area contributed by atoms with Gasteiger partial charge in [0, 0.05) is 24.1 Å². The number of nitrogens with zero attached hydrogens (tertiary/aromatic N) is 3. The van der Waals surface area contributed by atoms with E-state index in [1.54, 1.807) is 17.3 Å². The van der Waals surface area contributed by atoms with Gasteiger partial charge in [0.2, 0.25) is 0 Å². The van der Waals surface area contributed by atoms with Crippen molar-refractivity contribution in [2.45, 2.75) is 19.3 Å². The van der Waals surface area contributed by atoms with E-state index in [1.807, 2.05) is 30.3 Å². The molecule has 0 radical (unpaired) electrons. The van der Waals surface area contributed by atoms with E-state index in [0.29, 0.717) is 31.0 Å². The van der Waals surface area contributed by atoms with Gasteiger partial charge in [-0.3, -0.25) is 0 Å². The molecule has 2 saturated heterocycles. The topological polar surface area (TPSA) is 92.3 Å². The lowest BCUT2D eigenvalue weighted by molar-refractivity contribution is 0.130. The number of amides is 2. The number of rotatable bonds is 2. The predicted molar refractivity (Wildman–Crippen MR) is 103 cm³/mol. The Hall–Kier alpha value is -2.48. The minimum Gasteiger partial charge on any atom is -0.324 e. The van der Waals surface area contributed by atoms with Crippen molar-refractivity contribution in [3.63, 3.8) is 0 Å². The number of aromatic nitrogens is 2. The summed E-state index contributed by atoms with van der Waals surface area (Å²) in [5.74, 6) is 1.03. The zero-order chi connectivity index (χ0) is 18.9. The Morgan fingerprint density at radius 1 is 1.11 bits per heavy atom. The van der Waals surface area contributed by atoms with Crippen molar-refractivity contribution in [1.82, 2.24) is 14.9 Å². The lowest BCUT2D eigenvalue weighted by Gasteiger charge is -2.39. The van der Waals surface area contributed by atoms with Crippen LogP contribution < -0.4 is 5.32 Å². The Balaban J connectivity index is 1.42. The van der Waals surface area contributed by atoms with Gasteiger partial charge < -0.3 is 10.2 Å². The number of carbonyl (C=O) groups excluding carboxylic acids is 1. The zero-order valence-corrected chi connectivity index (χ0v) is 15.8. The van der Waals surface area contributed by atoms with E-state index in [9.17, 15) is 13.2 Å². The second kappa shape index (κ2) is 6.92. The fourth-order valence-electron chi connectivity index (χ4n) is 4.02. The number of likely N-dealkylation sites (tertiary alicyclic amines) is 1. The molecule has 0 saturated carbocycles. The summed E-state index contributed by atoms with van der Waals surface area (Å²) in [6, 6.07) is 9.40. The molecule has 2 fully saturated rings. The van der Waals surface area contributed by atoms with Gasteiger partial charge in [0.25, 0.3) is 0 Å². The molecule has 1 aromatic carbocycles. The van der Waals surface area contributed by atoms with Gasteiger partial charge >= 0.3 is 6.03 Å². The Morgan fingerprint density at radius 3 is 2.52 bits per heavy atom. The molecule has 1 spiro atoms. The van der Waals surface area contributed by atoms with Crippen LogP contribution in [0.1, 0.15) is 19.3 Å². The van der Waals surface area contributed by atoms with Crippen LogP contribution in [-0.4, -0.2) is 53.9 Å². The normalized spacial score (nSPS) is 24.1.